The molecular formula is C22H23N9O. The van der Waals surface area contributed by atoms with Gasteiger partial charge in [-0.15, -0.1) is 10.2 Å². The molecule has 1 N–H and O–H groups in total. The van der Waals surface area contributed by atoms with Crippen molar-refractivity contribution < 1.29 is 4.79 Å². The average Bonchev–Trinajstić information content (AvgIpc) is 3.27. The van der Waals surface area contributed by atoms with Gasteiger partial charge in [0.05, 0.1) is 23.8 Å². The second-order valence-electron chi connectivity index (χ2n) is 7.70. The molecule has 1 aliphatic heterocycles. The molecule has 162 valence electrons. The lowest BCUT2D eigenvalue weighted by Gasteiger charge is -2.38. The summed E-state index contributed by atoms with van der Waals surface area (Å²) < 4.78 is 1.90. The third-order valence-corrected chi connectivity index (χ3v) is 5.63. The highest BCUT2D eigenvalue weighted by Crippen LogP contribution is 2.25. The lowest BCUT2D eigenvalue weighted by Crippen LogP contribution is -2.47. The van der Waals surface area contributed by atoms with Gasteiger partial charge in [-0.25, -0.2) is 9.97 Å². The quantitative estimate of drug-likeness (QED) is 0.507. The molecule has 0 bridgehead atoms. The van der Waals surface area contributed by atoms with Crippen LogP contribution in [0.3, 0.4) is 0 Å². The Balaban J connectivity index is 1.38. The lowest BCUT2D eigenvalue weighted by molar-refractivity contribution is 0.0950. The number of carbonyl (C=O) groups is 1. The Kier molecular flexibility index (Phi) is 5.42. The van der Waals surface area contributed by atoms with Gasteiger partial charge < -0.3 is 10.2 Å². The van der Waals surface area contributed by atoms with E-state index in [1.807, 2.05) is 34.7 Å². The van der Waals surface area contributed by atoms with E-state index in [0.717, 1.165) is 24.6 Å². The zero-order valence-corrected chi connectivity index (χ0v) is 17.7. The van der Waals surface area contributed by atoms with Crippen molar-refractivity contribution in [2.75, 3.05) is 31.6 Å². The van der Waals surface area contributed by atoms with Crippen LogP contribution in [0, 0.1) is 0 Å². The maximum Gasteiger partial charge on any atom is 0.253 e. The molecule has 1 amide bonds. The number of amides is 1. The van der Waals surface area contributed by atoms with Gasteiger partial charge in [-0.1, -0.05) is 6.07 Å². The normalized spacial score (nSPS) is 16.9. The molecular weight excluding hydrogens is 406 g/mol. The fourth-order valence-corrected chi connectivity index (χ4v) is 3.83. The van der Waals surface area contributed by atoms with Crippen LogP contribution in [-0.4, -0.2) is 67.0 Å². The molecule has 0 aliphatic carbocycles. The zero-order valence-electron chi connectivity index (χ0n) is 17.7. The summed E-state index contributed by atoms with van der Waals surface area (Å²) in [7, 11) is 2.07. The molecule has 1 unspecified atom stereocenters. The number of nitrogens with zero attached hydrogens (tertiary/aromatic N) is 8. The number of anilines is 1. The molecule has 10 heteroatoms. The third kappa shape index (κ3) is 4.00. The minimum absolute atomic E-state index is 0.0191. The number of pyridine rings is 2. The van der Waals surface area contributed by atoms with Crippen LogP contribution in [0.2, 0.25) is 0 Å². The summed E-state index contributed by atoms with van der Waals surface area (Å²) in [6, 6.07) is 11.0. The summed E-state index contributed by atoms with van der Waals surface area (Å²) >= 11 is 0. The standard InChI is InChI=1S/C22H23N9O/c1-29-11-12-30(22-24-9-4-10-25-22)15-18(29)20-28-27-19-7-6-16(14-31(19)20)21(32)26-13-17-5-2-3-8-23-17/h2-10,14,18H,11-13,15H2,1H3,(H,26,32). The van der Waals surface area contributed by atoms with Gasteiger partial charge in [0, 0.05) is 44.4 Å². The summed E-state index contributed by atoms with van der Waals surface area (Å²) in [6.45, 7) is 2.71. The zero-order chi connectivity index (χ0) is 21.9. The molecule has 5 heterocycles. The number of carbonyl (C=O) groups excluding carboxylic acids is 1. The number of rotatable bonds is 5. The fourth-order valence-electron chi connectivity index (χ4n) is 3.83. The first-order chi connectivity index (χ1) is 15.7. The molecule has 1 atom stereocenters. The van der Waals surface area contributed by atoms with Crippen molar-refractivity contribution >= 4 is 17.5 Å². The monoisotopic (exact) mass is 429 g/mol. The van der Waals surface area contributed by atoms with Gasteiger partial charge in [0.2, 0.25) is 5.95 Å². The van der Waals surface area contributed by atoms with Gasteiger partial charge in [-0.2, -0.15) is 0 Å². The van der Waals surface area contributed by atoms with Gasteiger partial charge in [-0.3, -0.25) is 19.1 Å². The van der Waals surface area contributed by atoms with Crippen LogP contribution in [0.1, 0.15) is 27.9 Å². The van der Waals surface area contributed by atoms with Crippen LogP contribution in [0.25, 0.3) is 5.65 Å². The van der Waals surface area contributed by atoms with E-state index in [2.05, 4.69) is 47.3 Å². The Hall–Kier alpha value is -3.92. The first-order valence-corrected chi connectivity index (χ1v) is 10.4. The van der Waals surface area contributed by atoms with Gasteiger partial charge >= 0.3 is 0 Å². The van der Waals surface area contributed by atoms with Crippen molar-refractivity contribution in [3.05, 3.63) is 78.3 Å². The Bertz CT molecular complexity index is 1210. The van der Waals surface area contributed by atoms with Crippen molar-refractivity contribution in [3.63, 3.8) is 0 Å². The molecule has 5 rings (SSSR count). The Labute approximate surface area is 185 Å². The molecule has 10 nitrogen and oxygen atoms in total. The first kappa shape index (κ1) is 20.0. The van der Waals surface area contributed by atoms with Crippen LogP contribution in [-0.2, 0) is 6.54 Å². The molecule has 1 aliphatic rings. The van der Waals surface area contributed by atoms with Crippen molar-refractivity contribution in [2.24, 2.45) is 0 Å². The average molecular weight is 429 g/mol. The molecule has 4 aromatic rings. The summed E-state index contributed by atoms with van der Waals surface area (Å²) in [5.41, 5.74) is 2.04. The minimum atomic E-state index is -0.173. The topological polar surface area (TPSA) is 104 Å². The van der Waals surface area contributed by atoms with Crippen LogP contribution in [0.15, 0.2) is 61.2 Å². The minimum Gasteiger partial charge on any atom is -0.346 e. The van der Waals surface area contributed by atoms with Crippen LogP contribution < -0.4 is 10.2 Å². The van der Waals surface area contributed by atoms with Crippen molar-refractivity contribution in [1.29, 1.82) is 0 Å². The molecule has 1 fully saturated rings. The number of hydrogen-bond donors (Lipinski definition) is 1. The number of likely N-dealkylation sites (N-methyl/N-ethyl adjacent to an activating group) is 1. The van der Waals surface area contributed by atoms with E-state index >= 15 is 0 Å². The Morgan fingerprint density at radius 2 is 1.88 bits per heavy atom. The van der Waals surface area contributed by atoms with E-state index in [1.54, 1.807) is 30.9 Å². The van der Waals surface area contributed by atoms with Crippen molar-refractivity contribution in [2.45, 2.75) is 12.6 Å². The van der Waals surface area contributed by atoms with Crippen LogP contribution in [0.4, 0.5) is 5.95 Å². The van der Waals surface area contributed by atoms with E-state index in [4.69, 9.17) is 0 Å². The maximum atomic E-state index is 12.7. The smallest absolute Gasteiger partial charge is 0.253 e. The fraction of sp³-hybridized carbons (Fsp3) is 0.273. The SMILES string of the molecule is CN1CCN(c2ncccn2)CC1c1nnc2ccc(C(=O)NCc3ccccn3)cn12. The van der Waals surface area contributed by atoms with Crippen LogP contribution in [0.5, 0.6) is 0 Å². The summed E-state index contributed by atoms with van der Waals surface area (Å²) in [4.78, 5) is 30.1. The van der Waals surface area contributed by atoms with Gasteiger partial charge in [0.25, 0.3) is 5.91 Å². The number of nitrogens with one attached hydrogen (secondary N) is 1. The number of piperazine rings is 1. The molecule has 1 saturated heterocycles. The predicted molar refractivity (Wildman–Crippen MR) is 118 cm³/mol. The summed E-state index contributed by atoms with van der Waals surface area (Å²) in [5.74, 6) is 1.31. The van der Waals surface area contributed by atoms with E-state index in [1.165, 1.54) is 0 Å². The Morgan fingerprint density at radius 3 is 2.69 bits per heavy atom. The number of aromatic nitrogens is 6. The second kappa shape index (κ2) is 8.67. The van der Waals surface area contributed by atoms with Crippen molar-refractivity contribution in [3.8, 4) is 0 Å². The van der Waals surface area contributed by atoms with E-state index < -0.39 is 0 Å². The summed E-state index contributed by atoms with van der Waals surface area (Å²) in [6.07, 6.45) is 7.00. The van der Waals surface area contributed by atoms with E-state index in [-0.39, 0.29) is 11.9 Å². The molecule has 0 spiro atoms. The Morgan fingerprint density at radius 1 is 1.03 bits per heavy atom. The lowest BCUT2D eigenvalue weighted by atomic mass is 10.1. The first-order valence-electron chi connectivity index (χ1n) is 10.4. The predicted octanol–water partition coefficient (Wildman–Crippen LogP) is 1.34. The molecule has 4 aromatic heterocycles. The van der Waals surface area contributed by atoms with Crippen molar-refractivity contribution in [1.82, 2.24) is 39.8 Å². The molecule has 0 radical (unpaired) electrons. The summed E-state index contributed by atoms with van der Waals surface area (Å²) in [5, 5.41) is 11.7. The third-order valence-electron chi connectivity index (χ3n) is 5.63. The highest BCUT2D eigenvalue weighted by molar-refractivity contribution is 5.94. The largest absolute Gasteiger partial charge is 0.346 e. The van der Waals surface area contributed by atoms with Gasteiger partial charge in [0.1, 0.15) is 0 Å². The molecule has 32 heavy (non-hydrogen) atoms. The highest BCUT2D eigenvalue weighted by atomic mass is 16.1. The molecule has 0 saturated carbocycles. The molecule has 0 aromatic carbocycles. The van der Waals surface area contributed by atoms with Gasteiger partial charge in [-0.05, 0) is 37.4 Å². The van der Waals surface area contributed by atoms with E-state index in [0.29, 0.717) is 30.2 Å². The number of fused-ring (bicyclic) bond motifs is 1. The van der Waals surface area contributed by atoms with E-state index in [9.17, 15) is 4.79 Å². The second-order valence-corrected chi connectivity index (χ2v) is 7.70. The number of hydrogen-bond acceptors (Lipinski definition) is 8. The highest BCUT2D eigenvalue weighted by Gasteiger charge is 2.30. The van der Waals surface area contributed by atoms with Gasteiger partial charge in [0.15, 0.2) is 11.5 Å². The van der Waals surface area contributed by atoms with Crippen LogP contribution >= 0.6 is 0 Å². The maximum absolute atomic E-state index is 12.7.